The Morgan fingerprint density at radius 1 is 0.960 bits per heavy atom. The van der Waals surface area contributed by atoms with E-state index in [-0.39, 0.29) is 5.92 Å². The topological polar surface area (TPSA) is 20.3 Å². The number of carbonyl (C=O) groups is 1. The molecule has 2 aliphatic heterocycles. The summed E-state index contributed by atoms with van der Waals surface area (Å²) < 4.78 is 0. The van der Waals surface area contributed by atoms with Crippen LogP contribution in [0.3, 0.4) is 0 Å². The molecule has 0 N–H and O–H groups in total. The number of nitrogens with zero attached hydrogens (tertiary/aromatic N) is 1. The zero-order valence-electron chi connectivity index (χ0n) is 15.0. The Bertz CT molecular complexity index is 725. The molecule has 0 aliphatic carbocycles. The first-order valence-corrected chi connectivity index (χ1v) is 9.68. The summed E-state index contributed by atoms with van der Waals surface area (Å²) in [5, 5.41) is 0. The highest BCUT2D eigenvalue weighted by Gasteiger charge is 2.42. The van der Waals surface area contributed by atoms with E-state index >= 15 is 0 Å². The van der Waals surface area contributed by atoms with Gasteiger partial charge in [0.25, 0.3) is 0 Å². The minimum atomic E-state index is 0.206. The smallest absolute Gasteiger partial charge is 0.166 e. The molecule has 0 aromatic heterocycles. The Morgan fingerprint density at radius 3 is 2.28 bits per heavy atom. The van der Waals surface area contributed by atoms with Gasteiger partial charge >= 0.3 is 0 Å². The molecule has 0 spiro atoms. The minimum absolute atomic E-state index is 0.206. The van der Waals surface area contributed by atoms with Crippen molar-refractivity contribution in [2.75, 3.05) is 0 Å². The molecule has 2 aromatic carbocycles. The lowest BCUT2D eigenvalue weighted by Gasteiger charge is -2.38. The molecule has 2 aromatic rings. The van der Waals surface area contributed by atoms with Gasteiger partial charge in [0.05, 0.1) is 0 Å². The van der Waals surface area contributed by atoms with Gasteiger partial charge in [-0.25, -0.2) is 0 Å². The summed E-state index contributed by atoms with van der Waals surface area (Å²) in [6.07, 6.45) is 5.48. The molecular weight excluding hydrogens is 306 g/mol. The molecule has 2 heterocycles. The van der Waals surface area contributed by atoms with Gasteiger partial charge in [-0.05, 0) is 43.2 Å². The van der Waals surface area contributed by atoms with E-state index in [1.165, 1.54) is 24.0 Å². The van der Waals surface area contributed by atoms with E-state index in [1.807, 2.05) is 18.2 Å². The predicted octanol–water partition coefficient (Wildman–Crippen LogP) is 4.87. The van der Waals surface area contributed by atoms with Gasteiger partial charge < -0.3 is 0 Å². The van der Waals surface area contributed by atoms with Crippen molar-refractivity contribution < 1.29 is 4.79 Å². The fraction of sp³-hybridized carbons (Fsp3) is 0.435. The first-order valence-electron chi connectivity index (χ1n) is 9.68. The number of piperidine rings is 1. The summed E-state index contributed by atoms with van der Waals surface area (Å²) in [5.74, 6) is 0.589. The normalized spacial score (nSPS) is 25.9. The molecule has 130 valence electrons. The van der Waals surface area contributed by atoms with Crippen molar-refractivity contribution in [1.82, 2.24) is 4.90 Å². The van der Waals surface area contributed by atoms with Gasteiger partial charge in [0.1, 0.15) is 0 Å². The van der Waals surface area contributed by atoms with E-state index in [2.05, 4.69) is 48.2 Å². The van der Waals surface area contributed by atoms with Crippen LogP contribution in [-0.4, -0.2) is 22.8 Å². The van der Waals surface area contributed by atoms with Crippen LogP contribution in [-0.2, 0) is 13.0 Å². The highest BCUT2D eigenvalue weighted by atomic mass is 16.1. The highest BCUT2D eigenvalue weighted by molar-refractivity contribution is 5.99. The van der Waals surface area contributed by atoms with E-state index < -0.39 is 0 Å². The van der Waals surface area contributed by atoms with Crippen molar-refractivity contribution in [1.29, 1.82) is 0 Å². The molecule has 2 unspecified atom stereocenters. The Balaban J connectivity index is 1.49. The number of ketones is 1. The van der Waals surface area contributed by atoms with Crippen molar-refractivity contribution in [3.63, 3.8) is 0 Å². The van der Waals surface area contributed by atoms with Gasteiger partial charge in [0, 0.05) is 30.1 Å². The Hall–Kier alpha value is -1.93. The summed E-state index contributed by atoms with van der Waals surface area (Å²) in [6.45, 7) is 3.17. The van der Waals surface area contributed by atoms with Crippen LogP contribution in [0.5, 0.6) is 0 Å². The number of fused-ring (bicyclic) bond motifs is 2. The van der Waals surface area contributed by atoms with E-state index in [4.69, 9.17) is 0 Å². The second-order valence-electron chi connectivity index (χ2n) is 7.59. The van der Waals surface area contributed by atoms with Crippen LogP contribution < -0.4 is 0 Å². The Morgan fingerprint density at radius 2 is 1.60 bits per heavy atom. The summed E-state index contributed by atoms with van der Waals surface area (Å²) in [6, 6.07) is 20.1. The largest absolute Gasteiger partial charge is 0.294 e. The molecule has 0 saturated carbocycles. The first kappa shape index (κ1) is 16.5. The number of hydrogen-bond acceptors (Lipinski definition) is 2. The summed E-state index contributed by atoms with van der Waals surface area (Å²) >= 11 is 0. The maximum atomic E-state index is 13.1. The van der Waals surface area contributed by atoms with Crippen LogP contribution >= 0.6 is 0 Å². The minimum Gasteiger partial charge on any atom is -0.294 e. The van der Waals surface area contributed by atoms with Crippen LogP contribution in [0.2, 0.25) is 0 Å². The van der Waals surface area contributed by atoms with Crippen LogP contribution in [0.15, 0.2) is 54.6 Å². The summed E-state index contributed by atoms with van der Waals surface area (Å²) in [7, 11) is 0. The average Bonchev–Trinajstić information content (AvgIpc) is 2.89. The SMILES string of the molecule is CCc1ccccc1C(=O)C1CC2CCC(C1)N2Cc1ccccc1. The monoisotopic (exact) mass is 333 g/mol. The molecular formula is C23H27NO. The number of aryl methyl sites for hydroxylation is 1. The average molecular weight is 333 g/mol. The van der Waals surface area contributed by atoms with Gasteiger partial charge in [-0.3, -0.25) is 9.69 Å². The second-order valence-corrected chi connectivity index (χ2v) is 7.59. The standard InChI is InChI=1S/C23H27NO/c1-2-18-10-6-7-11-22(18)23(25)19-14-20-12-13-21(15-19)24(20)16-17-8-4-3-5-9-17/h3-11,19-21H,2,12-16H2,1H3. The Kier molecular flexibility index (Phi) is 4.72. The summed E-state index contributed by atoms with van der Waals surface area (Å²) in [4.78, 5) is 15.8. The first-order chi connectivity index (χ1) is 12.3. The van der Waals surface area contributed by atoms with Crippen molar-refractivity contribution >= 4 is 5.78 Å². The lowest BCUT2D eigenvalue weighted by Crippen LogP contribution is -2.44. The molecule has 2 nitrogen and oxygen atoms in total. The number of hydrogen-bond donors (Lipinski definition) is 0. The molecule has 2 fully saturated rings. The molecule has 2 heteroatoms. The van der Waals surface area contributed by atoms with Gasteiger partial charge in [-0.1, -0.05) is 61.5 Å². The van der Waals surface area contributed by atoms with Crippen molar-refractivity contribution in [2.24, 2.45) is 5.92 Å². The van der Waals surface area contributed by atoms with E-state index in [9.17, 15) is 4.79 Å². The maximum absolute atomic E-state index is 13.1. The van der Waals surface area contributed by atoms with Gasteiger partial charge in [-0.2, -0.15) is 0 Å². The Labute approximate surface area is 150 Å². The summed E-state index contributed by atoms with van der Waals surface area (Å²) in [5.41, 5.74) is 3.55. The zero-order valence-corrected chi connectivity index (χ0v) is 15.0. The molecule has 2 saturated heterocycles. The van der Waals surface area contributed by atoms with Crippen molar-refractivity contribution in [3.05, 3.63) is 71.3 Å². The number of carbonyl (C=O) groups excluding carboxylic acids is 1. The third-order valence-corrected chi connectivity index (χ3v) is 6.13. The van der Waals surface area contributed by atoms with Gasteiger partial charge in [0.15, 0.2) is 5.78 Å². The van der Waals surface area contributed by atoms with Crippen LogP contribution in [0, 0.1) is 5.92 Å². The van der Waals surface area contributed by atoms with E-state index in [1.54, 1.807) is 0 Å². The van der Waals surface area contributed by atoms with Crippen LogP contribution in [0.4, 0.5) is 0 Å². The number of rotatable bonds is 5. The van der Waals surface area contributed by atoms with Gasteiger partial charge in [0.2, 0.25) is 0 Å². The van der Waals surface area contributed by atoms with Gasteiger partial charge in [-0.15, -0.1) is 0 Å². The molecule has 4 rings (SSSR count). The van der Waals surface area contributed by atoms with Crippen LogP contribution in [0.1, 0.15) is 54.1 Å². The lowest BCUT2D eigenvalue weighted by molar-refractivity contribution is 0.0677. The number of Topliss-reactive ketones (excluding diaryl/α,β-unsaturated/α-hetero) is 1. The molecule has 2 atom stereocenters. The lowest BCUT2D eigenvalue weighted by atomic mass is 9.83. The second kappa shape index (κ2) is 7.13. The number of benzene rings is 2. The third-order valence-electron chi connectivity index (χ3n) is 6.13. The van der Waals surface area contributed by atoms with E-state index in [0.29, 0.717) is 17.9 Å². The fourth-order valence-corrected chi connectivity index (χ4v) is 4.83. The molecule has 0 amide bonds. The van der Waals surface area contributed by atoms with Crippen molar-refractivity contribution in [2.45, 2.75) is 57.7 Å². The molecule has 2 aliphatic rings. The van der Waals surface area contributed by atoms with E-state index in [0.717, 1.165) is 31.4 Å². The fourth-order valence-electron chi connectivity index (χ4n) is 4.83. The van der Waals surface area contributed by atoms with Crippen LogP contribution in [0.25, 0.3) is 0 Å². The molecule has 0 radical (unpaired) electrons. The van der Waals surface area contributed by atoms with Crippen molar-refractivity contribution in [3.8, 4) is 0 Å². The molecule has 25 heavy (non-hydrogen) atoms. The highest BCUT2D eigenvalue weighted by Crippen LogP contribution is 2.41. The molecule has 2 bridgehead atoms. The third kappa shape index (κ3) is 3.28. The maximum Gasteiger partial charge on any atom is 0.166 e. The quantitative estimate of drug-likeness (QED) is 0.727. The zero-order chi connectivity index (χ0) is 17.2. The predicted molar refractivity (Wildman–Crippen MR) is 102 cm³/mol.